The van der Waals surface area contributed by atoms with Gasteiger partial charge in [0, 0.05) is 5.41 Å². The van der Waals surface area contributed by atoms with Crippen LogP contribution in [-0.4, -0.2) is 12.5 Å². The molecule has 0 aliphatic heterocycles. The summed E-state index contributed by atoms with van der Waals surface area (Å²) in [7, 11) is 1.22. The van der Waals surface area contributed by atoms with E-state index in [0.717, 1.165) is 10.8 Å². The van der Waals surface area contributed by atoms with Gasteiger partial charge in [-0.25, -0.2) is 0 Å². The van der Waals surface area contributed by atoms with Crippen LogP contribution < -0.4 is 5.46 Å². The van der Waals surface area contributed by atoms with Gasteiger partial charge >= 0.3 is 7.48 Å². The van der Waals surface area contributed by atoms with Gasteiger partial charge in [0.25, 0.3) is 0 Å². The van der Waals surface area contributed by atoms with E-state index in [-0.39, 0.29) is 5.41 Å². The maximum atomic E-state index is 9.63. The molecule has 0 spiro atoms. The first-order valence-corrected chi connectivity index (χ1v) is 7.28. The number of rotatable bonds is 1. The average molecular weight is 271 g/mol. The van der Waals surface area contributed by atoms with Crippen molar-refractivity contribution in [2.24, 2.45) is 0 Å². The van der Waals surface area contributed by atoms with E-state index in [9.17, 15) is 5.02 Å². The Kier molecular flexibility index (Phi) is 2.55. The Bertz CT molecular complexity index is 865. The summed E-state index contributed by atoms with van der Waals surface area (Å²) in [5, 5.41) is 11.9. The lowest BCUT2D eigenvalue weighted by atomic mass is 9.76. The quantitative estimate of drug-likeness (QED) is 0.673. The zero-order chi connectivity index (χ0) is 14.6. The van der Waals surface area contributed by atoms with Gasteiger partial charge < -0.3 is 5.02 Å². The maximum Gasteiger partial charge on any atom is 0.327 e. The SMILES string of the molecule is CC1(C)c2ccccc2-c2c1cc([B]O)c1ccccc21. The molecule has 1 aliphatic rings. The van der Waals surface area contributed by atoms with Crippen LogP contribution in [0.25, 0.3) is 21.9 Å². The summed E-state index contributed by atoms with van der Waals surface area (Å²) < 4.78 is 0. The van der Waals surface area contributed by atoms with E-state index >= 15 is 0 Å². The van der Waals surface area contributed by atoms with Gasteiger partial charge in [-0.15, -0.1) is 0 Å². The molecule has 3 aromatic rings. The first-order valence-electron chi connectivity index (χ1n) is 7.28. The van der Waals surface area contributed by atoms with Crippen molar-refractivity contribution in [3.05, 3.63) is 65.7 Å². The molecule has 2 heteroatoms. The maximum absolute atomic E-state index is 9.63. The van der Waals surface area contributed by atoms with Gasteiger partial charge in [-0.3, -0.25) is 0 Å². The van der Waals surface area contributed by atoms with Crippen LogP contribution in [0.4, 0.5) is 0 Å². The fourth-order valence-electron chi connectivity index (χ4n) is 3.68. The standard InChI is InChI=1S/C19H16BO/c1-19(2)15-10-6-5-9-14(15)18-13-8-4-3-7-12(13)17(20-21)11-16(18)19/h3-11,21H,1-2H3. The summed E-state index contributed by atoms with van der Waals surface area (Å²) in [5.41, 5.74) is 6.15. The van der Waals surface area contributed by atoms with Gasteiger partial charge in [-0.1, -0.05) is 68.4 Å². The summed E-state index contributed by atoms with van der Waals surface area (Å²) in [5.74, 6) is 0. The lowest BCUT2D eigenvalue weighted by Crippen LogP contribution is -2.21. The molecule has 0 amide bonds. The van der Waals surface area contributed by atoms with Crippen LogP contribution >= 0.6 is 0 Å². The highest BCUT2D eigenvalue weighted by atomic mass is 16.2. The smallest absolute Gasteiger partial charge is 0.327 e. The topological polar surface area (TPSA) is 20.2 Å². The van der Waals surface area contributed by atoms with Crippen LogP contribution in [-0.2, 0) is 5.41 Å². The van der Waals surface area contributed by atoms with Crippen molar-refractivity contribution in [2.75, 3.05) is 0 Å². The molecule has 1 N–H and O–H groups in total. The summed E-state index contributed by atoms with van der Waals surface area (Å²) >= 11 is 0. The van der Waals surface area contributed by atoms with E-state index in [1.807, 2.05) is 6.07 Å². The molecule has 3 aromatic carbocycles. The highest BCUT2D eigenvalue weighted by Gasteiger charge is 2.36. The van der Waals surface area contributed by atoms with Crippen molar-refractivity contribution < 1.29 is 5.02 Å². The minimum absolute atomic E-state index is 0.0340. The average Bonchev–Trinajstić information content (AvgIpc) is 2.75. The molecule has 0 atom stereocenters. The summed E-state index contributed by atoms with van der Waals surface area (Å²) in [4.78, 5) is 0. The highest BCUT2D eigenvalue weighted by molar-refractivity contribution is 6.50. The Morgan fingerprint density at radius 1 is 0.857 bits per heavy atom. The van der Waals surface area contributed by atoms with E-state index in [1.54, 1.807) is 0 Å². The number of hydrogen-bond acceptors (Lipinski definition) is 1. The molecule has 0 unspecified atom stereocenters. The van der Waals surface area contributed by atoms with Gasteiger partial charge in [-0.2, -0.15) is 0 Å². The van der Waals surface area contributed by atoms with Crippen molar-refractivity contribution in [3.63, 3.8) is 0 Å². The molecule has 0 saturated heterocycles. The normalized spacial score (nSPS) is 14.8. The summed E-state index contributed by atoms with van der Waals surface area (Å²) in [6, 6.07) is 19.1. The number of fused-ring (bicyclic) bond motifs is 5. The predicted molar refractivity (Wildman–Crippen MR) is 89.1 cm³/mol. The van der Waals surface area contributed by atoms with Crippen molar-refractivity contribution in [3.8, 4) is 11.1 Å². The molecular formula is C19H16BO. The molecule has 4 rings (SSSR count). The molecule has 0 bridgehead atoms. The Morgan fingerprint density at radius 3 is 2.29 bits per heavy atom. The third-order valence-electron chi connectivity index (χ3n) is 4.76. The number of hydrogen-bond donors (Lipinski definition) is 1. The van der Waals surface area contributed by atoms with E-state index < -0.39 is 0 Å². The minimum atomic E-state index is -0.0340. The van der Waals surface area contributed by atoms with Crippen molar-refractivity contribution in [2.45, 2.75) is 19.3 Å². The molecule has 1 nitrogen and oxygen atoms in total. The zero-order valence-electron chi connectivity index (χ0n) is 12.2. The van der Waals surface area contributed by atoms with Gasteiger partial charge in [0.1, 0.15) is 0 Å². The van der Waals surface area contributed by atoms with Crippen molar-refractivity contribution in [1.82, 2.24) is 0 Å². The first-order chi connectivity index (χ1) is 10.1. The van der Waals surface area contributed by atoms with Gasteiger partial charge in [0.15, 0.2) is 0 Å². The van der Waals surface area contributed by atoms with Crippen LogP contribution in [0.2, 0.25) is 0 Å². The van der Waals surface area contributed by atoms with E-state index in [2.05, 4.69) is 62.4 Å². The second-order valence-electron chi connectivity index (χ2n) is 6.23. The van der Waals surface area contributed by atoms with Crippen LogP contribution in [0.15, 0.2) is 54.6 Å². The lowest BCUT2D eigenvalue weighted by Gasteiger charge is -2.22. The second-order valence-corrected chi connectivity index (χ2v) is 6.23. The van der Waals surface area contributed by atoms with Gasteiger partial charge in [-0.05, 0) is 38.5 Å². The fourth-order valence-corrected chi connectivity index (χ4v) is 3.68. The Balaban J connectivity index is 2.22. The van der Waals surface area contributed by atoms with Crippen molar-refractivity contribution >= 4 is 23.7 Å². The Hall–Kier alpha value is -2.06. The first kappa shape index (κ1) is 12.7. The minimum Gasteiger partial charge on any atom is -0.450 e. The van der Waals surface area contributed by atoms with Gasteiger partial charge in [0.2, 0.25) is 0 Å². The molecular weight excluding hydrogens is 255 g/mol. The molecule has 1 aliphatic carbocycles. The number of benzene rings is 3. The molecule has 21 heavy (non-hydrogen) atoms. The third-order valence-corrected chi connectivity index (χ3v) is 4.76. The highest BCUT2D eigenvalue weighted by Crippen LogP contribution is 2.50. The molecule has 0 aromatic heterocycles. The Labute approximate surface area is 125 Å². The van der Waals surface area contributed by atoms with Crippen LogP contribution in [0.3, 0.4) is 0 Å². The van der Waals surface area contributed by atoms with E-state index in [1.165, 1.54) is 35.1 Å². The molecule has 0 saturated carbocycles. The van der Waals surface area contributed by atoms with Gasteiger partial charge in [0.05, 0.1) is 0 Å². The summed E-state index contributed by atoms with van der Waals surface area (Å²) in [6.45, 7) is 4.52. The van der Waals surface area contributed by atoms with Crippen LogP contribution in [0.1, 0.15) is 25.0 Å². The summed E-state index contributed by atoms with van der Waals surface area (Å²) in [6.07, 6.45) is 0. The second kappa shape index (κ2) is 4.22. The monoisotopic (exact) mass is 271 g/mol. The Morgan fingerprint density at radius 2 is 1.52 bits per heavy atom. The van der Waals surface area contributed by atoms with Crippen molar-refractivity contribution in [1.29, 1.82) is 0 Å². The van der Waals surface area contributed by atoms with Crippen LogP contribution in [0.5, 0.6) is 0 Å². The predicted octanol–water partition coefficient (Wildman–Crippen LogP) is 3.38. The fraction of sp³-hybridized carbons (Fsp3) is 0.158. The third kappa shape index (κ3) is 1.57. The zero-order valence-corrected chi connectivity index (χ0v) is 12.2. The molecule has 0 fully saturated rings. The molecule has 0 heterocycles. The van der Waals surface area contributed by atoms with E-state index in [0.29, 0.717) is 0 Å². The molecule has 1 radical (unpaired) electrons. The van der Waals surface area contributed by atoms with E-state index in [4.69, 9.17) is 0 Å². The lowest BCUT2D eigenvalue weighted by molar-refractivity contribution is 0.615. The molecule has 101 valence electrons. The van der Waals surface area contributed by atoms with Crippen LogP contribution in [0, 0.1) is 0 Å². The largest absolute Gasteiger partial charge is 0.450 e.